The molecule has 1 aromatic carbocycles. The molecule has 0 aliphatic rings. The van der Waals surface area contributed by atoms with Gasteiger partial charge in [0.25, 0.3) is 0 Å². The molecular formula is C16H23FN2O2. The third-order valence-corrected chi connectivity index (χ3v) is 3.07. The van der Waals surface area contributed by atoms with Gasteiger partial charge in [-0.2, -0.15) is 0 Å². The number of amides is 2. The molecule has 0 fully saturated rings. The minimum absolute atomic E-state index is 0.181. The number of carbonyl (C=O) groups is 2. The van der Waals surface area contributed by atoms with Crippen molar-refractivity contribution in [1.29, 1.82) is 0 Å². The molecule has 0 aliphatic carbocycles. The number of rotatable bonds is 5. The van der Waals surface area contributed by atoms with Crippen LogP contribution in [-0.2, 0) is 16.0 Å². The predicted molar refractivity (Wildman–Crippen MR) is 80.2 cm³/mol. The van der Waals surface area contributed by atoms with Crippen LogP contribution in [0.3, 0.4) is 0 Å². The molecule has 1 unspecified atom stereocenters. The van der Waals surface area contributed by atoms with Crippen LogP contribution < -0.4 is 10.6 Å². The molecule has 1 rings (SSSR count). The van der Waals surface area contributed by atoms with Crippen LogP contribution in [-0.4, -0.2) is 24.4 Å². The van der Waals surface area contributed by atoms with Crippen molar-refractivity contribution in [2.24, 2.45) is 5.41 Å². The molecule has 1 aromatic rings. The molecule has 4 nitrogen and oxygen atoms in total. The summed E-state index contributed by atoms with van der Waals surface area (Å²) in [6.07, 6.45) is 0.415. The number of hydrogen-bond acceptors (Lipinski definition) is 2. The van der Waals surface area contributed by atoms with Gasteiger partial charge in [0.15, 0.2) is 0 Å². The van der Waals surface area contributed by atoms with Gasteiger partial charge in [0, 0.05) is 12.0 Å². The SMILES string of the molecule is CC(NC(=O)C(C)(C)C)C(=O)NCCc1ccccc1F. The highest BCUT2D eigenvalue weighted by Gasteiger charge is 2.24. The monoisotopic (exact) mass is 294 g/mol. The van der Waals surface area contributed by atoms with Crippen molar-refractivity contribution >= 4 is 11.8 Å². The van der Waals surface area contributed by atoms with E-state index in [9.17, 15) is 14.0 Å². The quantitative estimate of drug-likeness (QED) is 0.873. The van der Waals surface area contributed by atoms with Crippen LogP contribution in [0, 0.1) is 11.2 Å². The number of benzene rings is 1. The van der Waals surface area contributed by atoms with Crippen molar-refractivity contribution in [2.75, 3.05) is 6.54 Å². The van der Waals surface area contributed by atoms with Gasteiger partial charge in [-0.25, -0.2) is 4.39 Å². The summed E-state index contributed by atoms with van der Waals surface area (Å²) in [4.78, 5) is 23.6. The Balaban J connectivity index is 2.40. The third kappa shape index (κ3) is 5.53. The topological polar surface area (TPSA) is 58.2 Å². The summed E-state index contributed by atoms with van der Waals surface area (Å²) in [6.45, 7) is 7.30. The van der Waals surface area contributed by atoms with E-state index in [2.05, 4.69) is 10.6 Å². The van der Waals surface area contributed by atoms with E-state index in [-0.39, 0.29) is 17.6 Å². The van der Waals surface area contributed by atoms with Gasteiger partial charge >= 0.3 is 0 Å². The van der Waals surface area contributed by atoms with Gasteiger partial charge in [0.05, 0.1) is 0 Å². The summed E-state index contributed by atoms with van der Waals surface area (Å²) in [5, 5.41) is 5.35. The zero-order chi connectivity index (χ0) is 16.0. The Hall–Kier alpha value is -1.91. The first-order chi connectivity index (χ1) is 9.71. The third-order valence-electron chi connectivity index (χ3n) is 3.07. The molecular weight excluding hydrogens is 271 g/mol. The van der Waals surface area contributed by atoms with Crippen LogP contribution >= 0.6 is 0 Å². The second-order valence-electron chi connectivity index (χ2n) is 6.08. The van der Waals surface area contributed by atoms with E-state index >= 15 is 0 Å². The average molecular weight is 294 g/mol. The average Bonchev–Trinajstić information content (AvgIpc) is 2.39. The van der Waals surface area contributed by atoms with E-state index in [1.54, 1.807) is 45.9 Å². The lowest BCUT2D eigenvalue weighted by molar-refractivity contribution is -0.133. The van der Waals surface area contributed by atoms with Crippen LogP contribution in [0.25, 0.3) is 0 Å². The fraction of sp³-hybridized carbons (Fsp3) is 0.500. The number of carbonyl (C=O) groups excluding carboxylic acids is 2. The van der Waals surface area contributed by atoms with Crippen molar-refractivity contribution in [1.82, 2.24) is 10.6 Å². The van der Waals surface area contributed by atoms with E-state index < -0.39 is 11.5 Å². The van der Waals surface area contributed by atoms with Crippen molar-refractivity contribution in [3.05, 3.63) is 35.6 Å². The summed E-state index contributed by atoms with van der Waals surface area (Å²) in [6, 6.07) is 5.85. The maximum Gasteiger partial charge on any atom is 0.242 e. The van der Waals surface area contributed by atoms with Crippen LogP contribution in [0.5, 0.6) is 0 Å². The zero-order valence-corrected chi connectivity index (χ0v) is 13.0. The van der Waals surface area contributed by atoms with Gasteiger partial charge in [-0.1, -0.05) is 39.0 Å². The number of halogens is 1. The van der Waals surface area contributed by atoms with Gasteiger partial charge in [0.1, 0.15) is 11.9 Å². The number of hydrogen-bond donors (Lipinski definition) is 2. The van der Waals surface area contributed by atoms with Crippen LogP contribution in [0.2, 0.25) is 0 Å². The van der Waals surface area contributed by atoms with E-state index in [4.69, 9.17) is 0 Å². The van der Waals surface area contributed by atoms with Gasteiger partial charge in [-0.05, 0) is 25.0 Å². The van der Waals surface area contributed by atoms with Crippen LogP contribution in [0.4, 0.5) is 4.39 Å². The Labute approximate surface area is 125 Å². The summed E-state index contributed by atoms with van der Waals surface area (Å²) in [7, 11) is 0. The summed E-state index contributed by atoms with van der Waals surface area (Å²) >= 11 is 0. The molecule has 21 heavy (non-hydrogen) atoms. The highest BCUT2D eigenvalue weighted by Crippen LogP contribution is 2.12. The first-order valence-corrected chi connectivity index (χ1v) is 7.04. The molecule has 0 bridgehead atoms. The minimum Gasteiger partial charge on any atom is -0.354 e. The molecule has 0 saturated heterocycles. The normalized spacial score (nSPS) is 12.6. The molecule has 2 amide bonds. The maximum atomic E-state index is 13.4. The molecule has 0 heterocycles. The van der Waals surface area contributed by atoms with Crippen LogP contribution in [0.1, 0.15) is 33.3 Å². The second-order valence-corrected chi connectivity index (χ2v) is 6.08. The van der Waals surface area contributed by atoms with E-state index in [0.29, 0.717) is 18.5 Å². The van der Waals surface area contributed by atoms with Crippen molar-refractivity contribution in [2.45, 2.75) is 40.2 Å². The lowest BCUT2D eigenvalue weighted by Gasteiger charge is -2.21. The minimum atomic E-state index is -0.614. The van der Waals surface area contributed by atoms with Gasteiger partial charge in [-0.3, -0.25) is 9.59 Å². The molecule has 2 N–H and O–H groups in total. The summed E-state index contributed by atoms with van der Waals surface area (Å²) in [5.41, 5.74) is 0.0195. The second kappa shape index (κ2) is 7.20. The smallest absolute Gasteiger partial charge is 0.242 e. The first kappa shape index (κ1) is 17.1. The molecule has 1 atom stereocenters. The van der Waals surface area contributed by atoms with E-state index in [1.165, 1.54) is 6.07 Å². The first-order valence-electron chi connectivity index (χ1n) is 7.04. The molecule has 116 valence electrons. The molecule has 0 aromatic heterocycles. The number of nitrogens with one attached hydrogen (secondary N) is 2. The molecule has 0 saturated carbocycles. The van der Waals surface area contributed by atoms with E-state index in [1.807, 2.05) is 0 Å². The lowest BCUT2D eigenvalue weighted by Crippen LogP contribution is -2.48. The molecule has 5 heteroatoms. The van der Waals surface area contributed by atoms with Crippen molar-refractivity contribution in [3.8, 4) is 0 Å². The largest absolute Gasteiger partial charge is 0.354 e. The Morgan fingerprint density at radius 1 is 1.24 bits per heavy atom. The zero-order valence-electron chi connectivity index (χ0n) is 13.0. The summed E-state index contributed by atoms with van der Waals surface area (Å²) < 4.78 is 13.4. The fourth-order valence-corrected chi connectivity index (χ4v) is 1.65. The van der Waals surface area contributed by atoms with Gasteiger partial charge in [0.2, 0.25) is 11.8 Å². The lowest BCUT2D eigenvalue weighted by atomic mass is 9.95. The van der Waals surface area contributed by atoms with Crippen molar-refractivity contribution < 1.29 is 14.0 Å². The van der Waals surface area contributed by atoms with Gasteiger partial charge < -0.3 is 10.6 Å². The Bertz CT molecular complexity index is 509. The fourth-order valence-electron chi connectivity index (χ4n) is 1.65. The Kier molecular flexibility index (Phi) is 5.88. The predicted octanol–water partition coefficient (Wildman–Crippen LogP) is 2.04. The van der Waals surface area contributed by atoms with Gasteiger partial charge in [-0.15, -0.1) is 0 Å². The highest BCUT2D eigenvalue weighted by molar-refractivity contribution is 5.89. The van der Waals surface area contributed by atoms with Crippen LogP contribution in [0.15, 0.2) is 24.3 Å². The molecule has 0 spiro atoms. The molecule has 0 aliphatic heterocycles. The maximum absolute atomic E-state index is 13.4. The molecule has 0 radical (unpaired) electrons. The summed E-state index contributed by atoms with van der Waals surface area (Å²) in [5.74, 6) is -0.732. The van der Waals surface area contributed by atoms with E-state index in [0.717, 1.165) is 0 Å². The standard InChI is InChI=1S/C16H23FN2O2/c1-11(19-15(21)16(2,3)4)14(20)18-10-9-12-7-5-6-8-13(12)17/h5-8,11H,9-10H2,1-4H3,(H,18,20)(H,19,21). The highest BCUT2D eigenvalue weighted by atomic mass is 19.1. The Morgan fingerprint density at radius 2 is 1.86 bits per heavy atom. The van der Waals surface area contributed by atoms with Crippen molar-refractivity contribution in [3.63, 3.8) is 0 Å². The Morgan fingerprint density at radius 3 is 2.43 bits per heavy atom.